The van der Waals surface area contributed by atoms with E-state index in [0.717, 1.165) is 17.9 Å². The first-order chi connectivity index (χ1) is 7.83. The summed E-state index contributed by atoms with van der Waals surface area (Å²) in [5.41, 5.74) is 1.04. The Kier molecular flexibility index (Phi) is 3.69. The van der Waals surface area contributed by atoms with Gasteiger partial charge in [0.2, 0.25) is 0 Å². The van der Waals surface area contributed by atoms with Crippen molar-refractivity contribution in [2.24, 2.45) is 5.92 Å². The molecule has 3 nitrogen and oxygen atoms in total. The summed E-state index contributed by atoms with van der Waals surface area (Å²) in [4.78, 5) is 11.7. The second-order valence-electron chi connectivity index (χ2n) is 4.65. The molecule has 0 spiro atoms. The van der Waals surface area contributed by atoms with E-state index in [0.29, 0.717) is 12.6 Å². The Hall–Kier alpha value is -1.06. The van der Waals surface area contributed by atoms with Gasteiger partial charge in [-0.1, -0.05) is 30.3 Å². The predicted molar refractivity (Wildman–Crippen MR) is 66.9 cm³/mol. The Morgan fingerprint density at radius 1 is 1.29 bits per heavy atom. The SMILES string of the molecule is Cl.O=C(OCc1ccccc1)[C@H]1C[C@@H]2C[C@H]2N1. The molecule has 92 valence electrons. The van der Waals surface area contributed by atoms with E-state index in [1.807, 2.05) is 30.3 Å². The molecule has 2 fully saturated rings. The lowest BCUT2D eigenvalue weighted by molar-refractivity contribution is -0.147. The van der Waals surface area contributed by atoms with E-state index in [-0.39, 0.29) is 24.4 Å². The number of esters is 1. The molecule has 0 bridgehead atoms. The minimum absolute atomic E-state index is 0. The summed E-state index contributed by atoms with van der Waals surface area (Å²) in [6.45, 7) is 0.382. The molecular formula is C13H16ClNO2. The molecule has 1 aliphatic carbocycles. The molecule has 0 radical (unpaired) electrons. The number of fused-ring (bicyclic) bond motifs is 1. The van der Waals surface area contributed by atoms with Gasteiger partial charge in [0.1, 0.15) is 12.6 Å². The third-order valence-corrected chi connectivity index (χ3v) is 3.38. The highest BCUT2D eigenvalue weighted by Crippen LogP contribution is 2.40. The van der Waals surface area contributed by atoms with Crippen molar-refractivity contribution in [2.75, 3.05) is 0 Å². The predicted octanol–water partition coefficient (Wildman–Crippen LogP) is 1.90. The lowest BCUT2D eigenvalue weighted by atomic mass is 10.2. The fraction of sp³-hybridized carbons (Fsp3) is 0.462. The quantitative estimate of drug-likeness (QED) is 0.837. The summed E-state index contributed by atoms with van der Waals surface area (Å²) in [5, 5.41) is 3.29. The van der Waals surface area contributed by atoms with Gasteiger partial charge in [-0.05, 0) is 24.3 Å². The summed E-state index contributed by atoms with van der Waals surface area (Å²) in [6.07, 6.45) is 2.20. The molecule has 1 saturated carbocycles. The van der Waals surface area contributed by atoms with E-state index in [4.69, 9.17) is 4.74 Å². The van der Waals surface area contributed by atoms with Gasteiger partial charge < -0.3 is 10.1 Å². The number of rotatable bonds is 3. The summed E-state index contributed by atoms with van der Waals surface area (Å²) in [6, 6.07) is 10.3. The van der Waals surface area contributed by atoms with E-state index < -0.39 is 0 Å². The first-order valence-corrected chi connectivity index (χ1v) is 5.79. The third-order valence-electron chi connectivity index (χ3n) is 3.38. The molecule has 1 saturated heterocycles. The van der Waals surface area contributed by atoms with Crippen molar-refractivity contribution in [1.29, 1.82) is 0 Å². The highest BCUT2D eigenvalue weighted by Gasteiger charge is 2.48. The van der Waals surface area contributed by atoms with Gasteiger partial charge >= 0.3 is 5.97 Å². The summed E-state index contributed by atoms with van der Waals surface area (Å²) < 4.78 is 5.28. The monoisotopic (exact) mass is 253 g/mol. The van der Waals surface area contributed by atoms with Gasteiger partial charge in [-0.3, -0.25) is 4.79 Å². The van der Waals surface area contributed by atoms with Crippen LogP contribution in [0, 0.1) is 5.92 Å². The van der Waals surface area contributed by atoms with E-state index in [2.05, 4.69) is 5.32 Å². The molecule has 1 heterocycles. The van der Waals surface area contributed by atoms with Crippen LogP contribution in [-0.4, -0.2) is 18.1 Å². The van der Waals surface area contributed by atoms with Gasteiger partial charge in [0.25, 0.3) is 0 Å². The number of halogens is 1. The molecule has 0 amide bonds. The normalized spacial score (nSPS) is 29.1. The Morgan fingerprint density at radius 3 is 2.71 bits per heavy atom. The van der Waals surface area contributed by atoms with Gasteiger partial charge in [0.15, 0.2) is 0 Å². The molecule has 1 N–H and O–H groups in total. The molecule has 2 aliphatic rings. The molecule has 1 aliphatic heterocycles. The highest BCUT2D eigenvalue weighted by molar-refractivity contribution is 5.85. The zero-order valence-corrected chi connectivity index (χ0v) is 10.3. The first kappa shape index (κ1) is 12.4. The van der Waals surface area contributed by atoms with Gasteiger partial charge in [-0.15, -0.1) is 12.4 Å². The topological polar surface area (TPSA) is 38.3 Å². The summed E-state index contributed by atoms with van der Waals surface area (Å²) >= 11 is 0. The van der Waals surface area contributed by atoms with Crippen LogP contribution in [0.1, 0.15) is 18.4 Å². The average Bonchev–Trinajstić information content (AvgIpc) is 2.94. The maximum Gasteiger partial charge on any atom is 0.323 e. The highest BCUT2D eigenvalue weighted by atomic mass is 35.5. The number of ether oxygens (including phenoxy) is 1. The van der Waals surface area contributed by atoms with Crippen molar-refractivity contribution in [2.45, 2.75) is 31.5 Å². The molecule has 17 heavy (non-hydrogen) atoms. The van der Waals surface area contributed by atoms with Gasteiger partial charge in [-0.25, -0.2) is 0 Å². The molecule has 1 aromatic rings. The van der Waals surface area contributed by atoms with Crippen molar-refractivity contribution >= 4 is 18.4 Å². The van der Waals surface area contributed by atoms with E-state index in [9.17, 15) is 4.79 Å². The molecule has 4 heteroatoms. The second kappa shape index (κ2) is 5.07. The van der Waals surface area contributed by atoms with Crippen molar-refractivity contribution in [3.05, 3.63) is 35.9 Å². The van der Waals surface area contributed by atoms with Crippen LogP contribution in [0.2, 0.25) is 0 Å². The largest absolute Gasteiger partial charge is 0.460 e. The molecule has 0 aromatic heterocycles. The van der Waals surface area contributed by atoms with Crippen LogP contribution in [-0.2, 0) is 16.1 Å². The maximum absolute atomic E-state index is 11.7. The molecule has 3 atom stereocenters. The standard InChI is InChI=1S/C13H15NO2.ClH/c15-13(12-7-10-6-11(10)14-12)16-8-9-4-2-1-3-5-9;/h1-5,10-12,14H,6-8H2;1H/t10-,11+,12+;/m0./s1. The van der Waals surface area contributed by atoms with Crippen molar-refractivity contribution in [3.8, 4) is 0 Å². The third kappa shape index (κ3) is 2.79. The van der Waals surface area contributed by atoms with Crippen molar-refractivity contribution in [1.82, 2.24) is 5.32 Å². The van der Waals surface area contributed by atoms with Crippen LogP contribution in [0.25, 0.3) is 0 Å². The van der Waals surface area contributed by atoms with Crippen LogP contribution in [0.4, 0.5) is 0 Å². The van der Waals surface area contributed by atoms with Crippen molar-refractivity contribution in [3.63, 3.8) is 0 Å². The van der Waals surface area contributed by atoms with E-state index >= 15 is 0 Å². The molecule has 0 unspecified atom stereocenters. The molecule has 3 rings (SSSR count). The van der Waals surface area contributed by atoms with Crippen LogP contribution < -0.4 is 5.32 Å². The van der Waals surface area contributed by atoms with Crippen LogP contribution in [0.15, 0.2) is 30.3 Å². The van der Waals surface area contributed by atoms with Crippen molar-refractivity contribution < 1.29 is 9.53 Å². The number of hydrogen-bond acceptors (Lipinski definition) is 3. The minimum atomic E-state index is -0.101. The van der Waals surface area contributed by atoms with Crippen LogP contribution in [0.3, 0.4) is 0 Å². The fourth-order valence-electron chi connectivity index (χ4n) is 2.33. The smallest absolute Gasteiger partial charge is 0.323 e. The minimum Gasteiger partial charge on any atom is -0.460 e. The van der Waals surface area contributed by atoms with Crippen LogP contribution in [0.5, 0.6) is 0 Å². The Balaban J connectivity index is 0.00000108. The van der Waals surface area contributed by atoms with Gasteiger partial charge in [0, 0.05) is 6.04 Å². The average molecular weight is 254 g/mol. The van der Waals surface area contributed by atoms with Crippen LogP contribution >= 0.6 is 12.4 Å². The number of nitrogens with one attached hydrogen (secondary N) is 1. The zero-order chi connectivity index (χ0) is 11.0. The van der Waals surface area contributed by atoms with E-state index in [1.165, 1.54) is 6.42 Å². The molecular weight excluding hydrogens is 238 g/mol. The van der Waals surface area contributed by atoms with Gasteiger partial charge in [0.05, 0.1) is 0 Å². The second-order valence-corrected chi connectivity index (χ2v) is 4.65. The molecule has 1 aromatic carbocycles. The lowest BCUT2D eigenvalue weighted by Crippen LogP contribution is -2.35. The Bertz CT molecular complexity index is 386. The number of carbonyl (C=O) groups is 1. The number of carbonyl (C=O) groups excluding carboxylic acids is 1. The van der Waals surface area contributed by atoms with E-state index in [1.54, 1.807) is 0 Å². The zero-order valence-electron chi connectivity index (χ0n) is 9.46. The lowest BCUT2D eigenvalue weighted by Gasteiger charge is -2.12. The number of benzene rings is 1. The maximum atomic E-state index is 11.7. The number of hydrogen-bond donors (Lipinski definition) is 1. The fourth-order valence-corrected chi connectivity index (χ4v) is 2.33. The Labute approximate surface area is 107 Å². The first-order valence-electron chi connectivity index (χ1n) is 5.79. The van der Waals surface area contributed by atoms with Gasteiger partial charge in [-0.2, -0.15) is 0 Å². The summed E-state index contributed by atoms with van der Waals surface area (Å²) in [5.74, 6) is 0.630. The Morgan fingerprint density at radius 2 is 2.06 bits per heavy atom. The summed E-state index contributed by atoms with van der Waals surface area (Å²) in [7, 11) is 0. The number of piperidine rings is 1.